The summed E-state index contributed by atoms with van der Waals surface area (Å²) in [5, 5.41) is 0. The number of allylic oxidation sites excluding steroid dienone is 6. The van der Waals surface area contributed by atoms with Crippen molar-refractivity contribution in [3.05, 3.63) is 36.5 Å². The van der Waals surface area contributed by atoms with Gasteiger partial charge in [-0.05, 0) is 77.0 Å². The molecule has 0 spiro atoms. The van der Waals surface area contributed by atoms with Crippen LogP contribution in [0.15, 0.2) is 36.5 Å². The van der Waals surface area contributed by atoms with E-state index in [0.717, 1.165) is 70.6 Å². The van der Waals surface area contributed by atoms with E-state index in [0.29, 0.717) is 19.3 Å². The minimum absolute atomic E-state index is 0.0713. The number of unbranched alkanes of at least 4 members (excludes halogenated alkanes) is 38. The van der Waals surface area contributed by atoms with E-state index in [9.17, 15) is 14.4 Å². The first-order valence-electron chi connectivity index (χ1n) is 30.0. The van der Waals surface area contributed by atoms with E-state index >= 15 is 0 Å². The molecule has 0 aromatic carbocycles. The molecule has 0 rings (SSSR count). The maximum absolute atomic E-state index is 12.8. The Morgan fingerprint density at radius 2 is 0.529 bits per heavy atom. The highest BCUT2D eigenvalue weighted by Crippen LogP contribution is 2.17. The van der Waals surface area contributed by atoms with Gasteiger partial charge in [-0.3, -0.25) is 14.4 Å². The topological polar surface area (TPSA) is 78.9 Å². The Labute approximate surface area is 423 Å². The van der Waals surface area contributed by atoms with Crippen LogP contribution >= 0.6 is 0 Å². The fourth-order valence-electron chi connectivity index (χ4n) is 8.82. The van der Waals surface area contributed by atoms with E-state index in [-0.39, 0.29) is 31.1 Å². The zero-order chi connectivity index (χ0) is 49.3. The predicted octanol–water partition coefficient (Wildman–Crippen LogP) is 20.0. The van der Waals surface area contributed by atoms with E-state index in [2.05, 4.69) is 57.2 Å². The van der Waals surface area contributed by atoms with Crippen molar-refractivity contribution in [3.63, 3.8) is 0 Å². The van der Waals surface area contributed by atoms with Gasteiger partial charge in [-0.25, -0.2) is 0 Å². The van der Waals surface area contributed by atoms with Crippen molar-refractivity contribution in [1.29, 1.82) is 0 Å². The Kier molecular flexibility index (Phi) is 55.2. The fraction of sp³-hybridized carbons (Fsp3) is 0.855. The molecule has 0 heterocycles. The zero-order valence-corrected chi connectivity index (χ0v) is 45.6. The summed E-state index contributed by atoms with van der Waals surface area (Å²) in [7, 11) is 0. The maximum atomic E-state index is 12.8. The number of hydrogen-bond donors (Lipinski definition) is 0. The summed E-state index contributed by atoms with van der Waals surface area (Å²) in [6.45, 7) is 6.61. The van der Waals surface area contributed by atoms with Crippen LogP contribution in [-0.2, 0) is 28.6 Å². The van der Waals surface area contributed by atoms with Crippen LogP contribution in [0.25, 0.3) is 0 Å². The van der Waals surface area contributed by atoms with Gasteiger partial charge in [0.2, 0.25) is 0 Å². The molecule has 0 aliphatic rings. The summed E-state index contributed by atoms with van der Waals surface area (Å²) in [4.78, 5) is 38.0. The van der Waals surface area contributed by atoms with Crippen molar-refractivity contribution in [1.82, 2.24) is 0 Å². The molecule has 68 heavy (non-hydrogen) atoms. The van der Waals surface area contributed by atoms with Gasteiger partial charge >= 0.3 is 17.9 Å². The second-order valence-electron chi connectivity index (χ2n) is 20.3. The Hall–Kier alpha value is -2.37. The lowest BCUT2D eigenvalue weighted by atomic mass is 10.0. The smallest absolute Gasteiger partial charge is 0.306 e. The molecule has 0 saturated carbocycles. The number of carbonyl (C=O) groups excluding carboxylic acids is 3. The monoisotopic (exact) mass is 955 g/mol. The van der Waals surface area contributed by atoms with Crippen molar-refractivity contribution in [2.24, 2.45) is 0 Å². The summed E-state index contributed by atoms with van der Waals surface area (Å²) < 4.78 is 16.8. The second kappa shape index (κ2) is 57.2. The molecular weight excluding hydrogens is 841 g/mol. The number of rotatable bonds is 55. The molecule has 0 aromatic rings. The first kappa shape index (κ1) is 65.6. The highest BCUT2D eigenvalue weighted by Gasteiger charge is 2.19. The average molecular weight is 956 g/mol. The molecule has 0 aromatic heterocycles. The summed E-state index contributed by atoms with van der Waals surface area (Å²) in [5.41, 5.74) is 0. The minimum atomic E-state index is -0.770. The van der Waals surface area contributed by atoms with Crippen LogP contribution in [0.4, 0.5) is 0 Å². The maximum Gasteiger partial charge on any atom is 0.306 e. The third kappa shape index (κ3) is 54.6. The van der Waals surface area contributed by atoms with Gasteiger partial charge in [0.15, 0.2) is 6.10 Å². The lowest BCUT2D eigenvalue weighted by molar-refractivity contribution is -0.167. The van der Waals surface area contributed by atoms with Crippen LogP contribution in [0.2, 0.25) is 0 Å². The molecular formula is C62H114O6. The van der Waals surface area contributed by atoms with Crippen LogP contribution in [0.3, 0.4) is 0 Å². The van der Waals surface area contributed by atoms with E-state index in [1.54, 1.807) is 0 Å². The predicted molar refractivity (Wildman–Crippen MR) is 293 cm³/mol. The fourth-order valence-corrected chi connectivity index (χ4v) is 8.82. The highest BCUT2D eigenvalue weighted by atomic mass is 16.6. The van der Waals surface area contributed by atoms with E-state index < -0.39 is 6.10 Å². The summed E-state index contributed by atoms with van der Waals surface area (Å²) in [6.07, 6.45) is 68.8. The normalized spacial score (nSPS) is 12.2. The van der Waals surface area contributed by atoms with Gasteiger partial charge < -0.3 is 14.2 Å². The van der Waals surface area contributed by atoms with Crippen molar-refractivity contribution >= 4 is 17.9 Å². The zero-order valence-electron chi connectivity index (χ0n) is 45.6. The molecule has 0 bridgehead atoms. The molecule has 398 valence electrons. The molecule has 6 heteroatoms. The number of hydrogen-bond acceptors (Lipinski definition) is 6. The summed E-state index contributed by atoms with van der Waals surface area (Å²) >= 11 is 0. The van der Waals surface area contributed by atoms with Gasteiger partial charge in [0, 0.05) is 19.3 Å². The second-order valence-corrected chi connectivity index (χ2v) is 20.3. The third-order valence-electron chi connectivity index (χ3n) is 13.4. The summed E-state index contributed by atoms with van der Waals surface area (Å²) in [6, 6.07) is 0. The van der Waals surface area contributed by atoms with Crippen molar-refractivity contribution in [2.75, 3.05) is 13.2 Å². The quantitative estimate of drug-likeness (QED) is 0.0262. The Morgan fingerprint density at radius 1 is 0.294 bits per heavy atom. The van der Waals surface area contributed by atoms with Crippen LogP contribution in [0, 0.1) is 0 Å². The average Bonchev–Trinajstić information content (AvgIpc) is 3.34. The molecule has 0 radical (unpaired) electrons. The SMILES string of the molecule is CCCCC/C=C\CCCCCCCC(=O)OC(COC(=O)CCCCCCCCCCC)COC(=O)CCCCCCCCCCCCCCCCCCC/C=C\C/C=C\CCCCCCC. The Balaban J connectivity index is 4.05. The molecule has 0 N–H and O–H groups in total. The van der Waals surface area contributed by atoms with Crippen LogP contribution < -0.4 is 0 Å². The molecule has 0 saturated heterocycles. The van der Waals surface area contributed by atoms with Crippen molar-refractivity contribution < 1.29 is 28.6 Å². The molecule has 0 aliphatic heterocycles. The highest BCUT2D eigenvalue weighted by molar-refractivity contribution is 5.71. The van der Waals surface area contributed by atoms with Gasteiger partial charge in [-0.15, -0.1) is 0 Å². The number of esters is 3. The first-order valence-corrected chi connectivity index (χ1v) is 30.0. The van der Waals surface area contributed by atoms with Gasteiger partial charge in [0.25, 0.3) is 0 Å². The molecule has 0 amide bonds. The lowest BCUT2D eigenvalue weighted by Gasteiger charge is -2.18. The van der Waals surface area contributed by atoms with E-state index in [4.69, 9.17) is 14.2 Å². The van der Waals surface area contributed by atoms with E-state index in [1.165, 1.54) is 212 Å². The van der Waals surface area contributed by atoms with Crippen LogP contribution in [0.1, 0.15) is 323 Å². The number of ether oxygens (including phenoxy) is 3. The van der Waals surface area contributed by atoms with Gasteiger partial charge in [-0.1, -0.05) is 263 Å². The van der Waals surface area contributed by atoms with Gasteiger partial charge in [0.05, 0.1) is 0 Å². The molecule has 6 nitrogen and oxygen atoms in total. The van der Waals surface area contributed by atoms with Crippen LogP contribution in [0.5, 0.6) is 0 Å². The molecule has 0 aliphatic carbocycles. The van der Waals surface area contributed by atoms with E-state index in [1.807, 2.05) is 0 Å². The minimum Gasteiger partial charge on any atom is -0.462 e. The van der Waals surface area contributed by atoms with Crippen LogP contribution in [-0.4, -0.2) is 37.2 Å². The molecule has 1 atom stereocenters. The third-order valence-corrected chi connectivity index (χ3v) is 13.4. The van der Waals surface area contributed by atoms with Crippen molar-refractivity contribution in [3.8, 4) is 0 Å². The molecule has 1 unspecified atom stereocenters. The van der Waals surface area contributed by atoms with Gasteiger partial charge in [0.1, 0.15) is 13.2 Å². The first-order chi connectivity index (χ1) is 33.5. The standard InChI is InChI=1S/C62H114O6/c1-4-7-10-13-16-19-21-23-24-25-26-27-28-29-30-31-32-33-34-35-36-37-38-39-41-43-46-49-52-55-61(64)67-58-59(57-66-60(63)54-51-48-45-42-18-15-12-9-6-3)68-62(65)56-53-50-47-44-40-22-20-17-14-11-8-5-2/h17,20-21,23,25-26,59H,4-16,18-19,22,24,27-58H2,1-3H3/b20-17-,23-21-,26-25-. The Morgan fingerprint density at radius 3 is 0.853 bits per heavy atom. The largest absolute Gasteiger partial charge is 0.462 e. The molecule has 0 fully saturated rings. The van der Waals surface area contributed by atoms with Crippen molar-refractivity contribution in [2.45, 2.75) is 329 Å². The summed E-state index contributed by atoms with van der Waals surface area (Å²) in [5.74, 6) is -0.868. The Bertz CT molecular complexity index is 1140. The van der Waals surface area contributed by atoms with Gasteiger partial charge in [-0.2, -0.15) is 0 Å². The number of carbonyl (C=O) groups is 3. The lowest BCUT2D eigenvalue weighted by Crippen LogP contribution is -2.30.